The summed E-state index contributed by atoms with van der Waals surface area (Å²) in [4.78, 5) is 29.7. The van der Waals surface area contributed by atoms with Gasteiger partial charge in [0.2, 0.25) is 11.8 Å². The molecule has 1 N–H and O–H groups in total. The van der Waals surface area contributed by atoms with Crippen LogP contribution in [0.4, 0.5) is 10.1 Å². The fourth-order valence-electron chi connectivity index (χ4n) is 5.05. The van der Waals surface area contributed by atoms with Crippen LogP contribution in [0.5, 0.6) is 11.5 Å². The van der Waals surface area contributed by atoms with Crippen LogP contribution >= 0.6 is 15.9 Å². The Balaban J connectivity index is 1.82. The predicted octanol–water partition coefficient (Wildman–Crippen LogP) is 6.21. The van der Waals surface area contributed by atoms with Gasteiger partial charge in [0.15, 0.2) is 11.5 Å². The van der Waals surface area contributed by atoms with E-state index in [0.717, 1.165) is 32.0 Å². The van der Waals surface area contributed by atoms with Gasteiger partial charge in [0.05, 0.1) is 24.8 Å². The standard InChI is InChI=1S/C36H39BrFN3O6S/c1-25(2)22-39-36(43)32(20-26-9-6-5-7-10-26)40(23-27-11-8-12-28(37)19-27)35(42)24-41(30-15-13-29(38)14-16-30)48(44,45)31-17-18-33(46-3)34(21-31)47-4/h5-19,21,25,32H,20,22-24H2,1-4H3,(H,39,43)/t32-/m0/s1. The van der Waals surface area contributed by atoms with E-state index in [4.69, 9.17) is 9.47 Å². The van der Waals surface area contributed by atoms with Crippen LogP contribution in [0.2, 0.25) is 0 Å². The van der Waals surface area contributed by atoms with E-state index >= 15 is 0 Å². The molecule has 0 aliphatic carbocycles. The predicted molar refractivity (Wildman–Crippen MR) is 187 cm³/mol. The van der Waals surface area contributed by atoms with Crippen LogP contribution in [0.1, 0.15) is 25.0 Å². The van der Waals surface area contributed by atoms with Gasteiger partial charge in [-0.2, -0.15) is 0 Å². The van der Waals surface area contributed by atoms with E-state index < -0.39 is 34.3 Å². The highest BCUT2D eigenvalue weighted by Crippen LogP contribution is 2.32. The van der Waals surface area contributed by atoms with Gasteiger partial charge < -0.3 is 19.7 Å². The lowest BCUT2D eigenvalue weighted by atomic mass is 10.0. The van der Waals surface area contributed by atoms with Crippen molar-refractivity contribution >= 4 is 43.5 Å². The molecule has 4 aromatic carbocycles. The number of methoxy groups -OCH3 is 2. The first-order valence-electron chi connectivity index (χ1n) is 15.3. The minimum absolute atomic E-state index is 0.0124. The van der Waals surface area contributed by atoms with Crippen LogP contribution in [0.25, 0.3) is 0 Å². The summed E-state index contributed by atoms with van der Waals surface area (Å²) in [7, 11) is -1.63. The molecule has 4 rings (SSSR count). The number of ether oxygens (including phenoxy) is 2. The zero-order chi connectivity index (χ0) is 34.8. The maximum Gasteiger partial charge on any atom is 0.264 e. The molecule has 0 bridgehead atoms. The zero-order valence-electron chi connectivity index (χ0n) is 27.2. The van der Waals surface area contributed by atoms with E-state index in [1.54, 1.807) is 0 Å². The van der Waals surface area contributed by atoms with Crippen LogP contribution in [0.3, 0.4) is 0 Å². The van der Waals surface area contributed by atoms with Crippen molar-refractivity contribution in [1.29, 1.82) is 0 Å². The van der Waals surface area contributed by atoms with Gasteiger partial charge in [0.25, 0.3) is 10.0 Å². The first-order valence-corrected chi connectivity index (χ1v) is 17.5. The number of nitrogens with zero attached hydrogens (tertiary/aromatic N) is 2. The largest absolute Gasteiger partial charge is 0.493 e. The number of hydrogen-bond donors (Lipinski definition) is 1. The highest BCUT2D eigenvalue weighted by Gasteiger charge is 2.35. The van der Waals surface area contributed by atoms with Gasteiger partial charge in [0.1, 0.15) is 18.4 Å². The molecular formula is C36H39BrFN3O6S. The van der Waals surface area contributed by atoms with Crippen molar-refractivity contribution < 1.29 is 31.9 Å². The van der Waals surface area contributed by atoms with Crippen molar-refractivity contribution in [2.45, 2.75) is 37.8 Å². The van der Waals surface area contributed by atoms with E-state index in [9.17, 15) is 22.4 Å². The summed E-state index contributed by atoms with van der Waals surface area (Å²) in [5.41, 5.74) is 1.61. The third kappa shape index (κ3) is 9.35. The normalized spacial score (nSPS) is 11.9. The molecule has 0 heterocycles. The number of carbonyl (C=O) groups is 2. The Morgan fingerprint density at radius 3 is 2.15 bits per heavy atom. The molecule has 0 spiro atoms. The number of anilines is 1. The maximum absolute atomic E-state index is 14.6. The Morgan fingerprint density at radius 2 is 1.52 bits per heavy atom. The summed E-state index contributed by atoms with van der Waals surface area (Å²) in [6.07, 6.45) is 0.184. The number of hydrogen-bond acceptors (Lipinski definition) is 6. The molecule has 0 fully saturated rings. The lowest BCUT2D eigenvalue weighted by Crippen LogP contribution is -2.53. The first-order chi connectivity index (χ1) is 22.9. The number of amides is 2. The van der Waals surface area contributed by atoms with E-state index in [-0.39, 0.29) is 41.1 Å². The molecule has 4 aromatic rings. The SMILES string of the molecule is COc1ccc(S(=O)(=O)N(CC(=O)N(Cc2cccc(Br)c2)[C@@H](Cc2ccccc2)C(=O)NCC(C)C)c2ccc(F)cc2)cc1OC. The van der Waals surface area contributed by atoms with Gasteiger partial charge in [-0.05, 0) is 65.6 Å². The monoisotopic (exact) mass is 739 g/mol. The van der Waals surface area contributed by atoms with Crippen LogP contribution in [0.15, 0.2) is 106 Å². The summed E-state index contributed by atoms with van der Waals surface area (Å²) in [6.45, 7) is 3.66. The van der Waals surface area contributed by atoms with Crippen molar-refractivity contribution in [2.24, 2.45) is 5.92 Å². The lowest BCUT2D eigenvalue weighted by Gasteiger charge is -2.34. The second-order valence-corrected chi connectivity index (χ2v) is 14.3. The fraction of sp³-hybridized carbons (Fsp3) is 0.278. The van der Waals surface area contributed by atoms with Crippen LogP contribution in [-0.4, -0.2) is 58.5 Å². The molecule has 48 heavy (non-hydrogen) atoms. The summed E-state index contributed by atoms with van der Waals surface area (Å²) in [6, 6.07) is 24.6. The summed E-state index contributed by atoms with van der Waals surface area (Å²) in [5.74, 6) is -0.936. The molecule has 0 aliphatic heterocycles. The van der Waals surface area contributed by atoms with Crippen LogP contribution in [-0.2, 0) is 32.6 Å². The Hall–Kier alpha value is -4.42. The average molecular weight is 741 g/mol. The van der Waals surface area contributed by atoms with E-state index in [1.807, 2.05) is 68.4 Å². The van der Waals surface area contributed by atoms with Crippen LogP contribution < -0.4 is 19.1 Å². The molecule has 0 aromatic heterocycles. The molecule has 9 nitrogen and oxygen atoms in total. The molecule has 12 heteroatoms. The topological polar surface area (TPSA) is 105 Å². The smallest absolute Gasteiger partial charge is 0.264 e. The number of rotatable bonds is 15. The van der Waals surface area contributed by atoms with Gasteiger partial charge in [0, 0.05) is 30.0 Å². The second kappa shape index (κ2) is 16.6. The molecule has 0 saturated heterocycles. The van der Waals surface area contributed by atoms with Gasteiger partial charge in [-0.3, -0.25) is 13.9 Å². The van der Waals surface area contributed by atoms with Crippen molar-refractivity contribution in [3.63, 3.8) is 0 Å². The number of benzene rings is 4. The highest BCUT2D eigenvalue weighted by molar-refractivity contribution is 9.10. The quantitative estimate of drug-likeness (QED) is 0.156. The van der Waals surface area contributed by atoms with Crippen molar-refractivity contribution in [3.8, 4) is 11.5 Å². The minimum atomic E-state index is -4.44. The third-order valence-corrected chi connectivity index (χ3v) is 9.80. The first kappa shape index (κ1) is 36.4. The molecule has 0 aliphatic rings. The van der Waals surface area contributed by atoms with E-state index in [2.05, 4.69) is 21.2 Å². The van der Waals surface area contributed by atoms with Crippen LogP contribution in [0, 0.1) is 11.7 Å². The third-order valence-electron chi connectivity index (χ3n) is 7.53. The number of halogens is 2. The van der Waals surface area contributed by atoms with Crippen molar-refractivity contribution in [2.75, 3.05) is 31.6 Å². The number of nitrogens with one attached hydrogen (secondary N) is 1. The van der Waals surface area contributed by atoms with Gasteiger partial charge >= 0.3 is 0 Å². The number of sulfonamides is 1. The van der Waals surface area contributed by atoms with Crippen molar-refractivity contribution in [3.05, 3.63) is 118 Å². The van der Waals surface area contributed by atoms with Gasteiger partial charge in [-0.15, -0.1) is 0 Å². The Labute approximate surface area is 289 Å². The molecule has 1 atom stereocenters. The lowest BCUT2D eigenvalue weighted by molar-refractivity contribution is -0.140. The molecule has 0 saturated carbocycles. The Bertz CT molecular complexity index is 1810. The molecule has 0 unspecified atom stereocenters. The van der Waals surface area contributed by atoms with E-state index in [1.165, 1.54) is 49.5 Å². The second-order valence-electron chi connectivity index (χ2n) is 11.5. The average Bonchev–Trinajstić information content (AvgIpc) is 3.08. The molecule has 0 radical (unpaired) electrons. The summed E-state index contributed by atoms with van der Waals surface area (Å²) >= 11 is 3.48. The Kier molecular flexibility index (Phi) is 12.6. The van der Waals surface area contributed by atoms with Gasteiger partial charge in [-0.1, -0.05) is 72.2 Å². The Morgan fingerprint density at radius 1 is 0.854 bits per heavy atom. The summed E-state index contributed by atoms with van der Waals surface area (Å²) < 4.78 is 54.9. The minimum Gasteiger partial charge on any atom is -0.493 e. The maximum atomic E-state index is 14.6. The molecule has 2 amide bonds. The fourth-order valence-corrected chi connectivity index (χ4v) is 6.93. The van der Waals surface area contributed by atoms with Crippen molar-refractivity contribution in [1.82, 2.24) is 10.2 Å². The van der Waals surface area contributed by atoms with Gasteiger partial charge in [-0.25, -0.2) is 12.8 Å². The number of carbonyl (C=O) groups excluding carboxylic acids is 2. The zero-order valence-corrected chi connectivity index (χ0v) is 29.6. The summed E-state index contributed by atoms with van der Waals surface area (Å²) in [5, 5.41) is 2.96. The van der Waals surface area contributed by atoms with E-state index in [0.29, 0.717) is 12.3 Å². The highest BCUT2D eigenvalue weighted by atomic mass is 79.9. The molecule has 254 valence electrons. The molecular weight excluding hydrogens is 701 g/mol.